The Balaban J connectivity index is 1.51. The van der Waals surface area contributed by atoms with Crippen LogP contribution in [0.25, 0.3) is 98.4 Å². The average Bonchev–Trinajstić information content (AvgIpc) is 3.42. The van der Waals surface area contributed by atoms with Gasteiger partial charge in [0.05, 0.1) is 5.02 Å². The quantitative estimate of drug-likeness (QED) is 0.161. The highest BCUT2D eigenvalue weighted by molar-refractivity contribution is 9.10. The summed E-state index contributed by atoms with van der Waals surface area (Å²) in [5.41, 5.74) is 10.3. The van der Waals surface area contributed by atoms with Gasteiger partial charge < -0.3 is 0 Å². The Kier molecular flexibility index (Phi) is 5.58. The molecule has 0 nitrogen and oxygen atoms in total. The van der Waals surface area contributed by atoms with E-state index in [-0.39, 0.29) is 0 Å². The number of rotatable bonds is 2. The van der Waals surface area contributed by atoms with Gasteiger partial charge in [-0.25, -0.2) is 0 Å². The Morgan fingerprint density at radius 3 is 1.78 bits per heavy atom. The molecule has 1 aliphatic carbocycles. The van der Waals surface area contributed by atoms with E-state index in [1.165, 1.54) is 87.6 Å². The topological polar surface area (TPSA) is 0 Å². The SMILES string of the molecule is Clc1cc2c(ccc3c2ccc2c(-c4ccccc4)c4c(c(-c5ccccc5)c23)-c2cc3ccccc3c3cccc-4c23)cc1Br. The molecule has 2 heteroatoms. The van der Waals surface area contributed by atoms with Crippen molar-refractivity contribution in [1.29, 1.82) is 0 Å². The van der Waals surface area contributed by atoms with Gasteiger partial charge in [0.25, 0.3) is 0 Å². The molecule has 0 unspecified atom stereocenters. The van der Waals surface area contributed by atoms with Gasteiger partial charge in [-0.3, -0.25) is 0 Å². The van der Waals surface area contributed by atoms with Gasteiger partial charge in [-0.15, -0.1) is 0 Å². The summed E-state index contributed by atoms with van der Waals surface area (Å²) < 4.78 is 0.911. The zero-order valence-corrected chi connectivity index (χ0v) is 27.0. The van der Waals surface area contributed by atoms with E-state index in [2.05, 4.69) is 162 Å². The van der Waals surface area contributed by atoms with E-state index in [0.717, 1.165) is 20.3 Å². The molecule has 0 saturated carbocycles. The van der Waals surface area contributed by atoms with Gasteiger partial charge in [-0.2, -0.15) is 0 Å². The first-order valence-corrected chi connectivity index (χ1v) is 16.7. The van der Waals surface area contributed by atoms with Crippen LogP contribution in [0.15, 0.2) is 150 Å². The van der Waals surface area contributed by atoms with Gasteiger partial charge in [0.1, 0.15) is 0 Å². The molecule has 0 heterocycles. The molecule has 46 heavy (non-hydrogen) atoms. The molecule has 0 fully saturated rings. The van der Waals surface area contributed by atoms with Gasteiger partial charge in [0.2, 0.25) is 0 Å². The minimum atomic E-state index is 0.719. The van der Waals surface area contributed by atoms with Crippen LogP contribution in [0.2, 0.25) is 5.02 Å². The summed E-state index contributed by atoms with van der Waals surface area (Å²) in [6, 6.07) is 53.4. The van der Waals surface area contributed by atoms with E-state index in [1.807, 2.05) is 0 Å². The normalized spacial score (nSPS) is 12.1. The van der Waals surface area contributed by atoms with E-state index in [9.17, 15) is 0 Å². The number of hydrogen-bond acceptors (Lipinski definition) is 0. The molecule has 0 saturated heterocycles. The minimum absolute atomic E-state index is 0.719. The highest BCUT2D eigenvalue weighted by Gasteiger charge is 2.31. The summed E-state index contributed by atoms with van der Waals surface area (Å²) >= 11 is 10.4. The highest BCUT2D eigenvalue weighted by Crippen LogP contribution is 2.59. The second-order valence-electron chi connectivity index (χ2n) is 12.2. The molecule has 1 aliphatic rings. The minimum Gasteiger partial charge on any atom is -0.0831 e. The lowest BCUT2D eigenvalue weighted by atomic mass is 9.80. The van der Waals surface area contributed by atoms with Gasteiger partial charge in [-0.1, -0.05) is 139 Å². The van der Waals surface area contributed by atoms with E-state index in [4.69, 9.17) is 11.6 Å². The fraction of sp³-hybridized carbons (Fsp3) is 0. The van der Waals surface area contributed by atoms with Crippen molar-refractivity contribution in [3.63, 3.8) is 0 Å². The first-order chi connectivity index (χ1) is 22.7. The van der Waals surface area contributed by atoms with Crippen LogP contribution in [-0.2, 0) is 0 Å². The van der Waals surface area contributed by atoms with Crippen molar-refractivity contribution in [3.05, 3.63) is 155 Å². The molecule has 0 atom stereocenters. The largest absolute Gasteiger partial charge is 0.0831 e. The molecule has 10 rings (SSSR count). The third kappa shape index (κ3) is 3.56. The summed E-state index contributed by atoms with van der Waals surface area (Å²) in [7, 11) is 0. The zero-order chi connectivity index (χ0) is 30.5. The molecule has 214 valence electrons. The van der Waals surface area contributed by atoms with Crippen LogP contribution in [0.4, 0.5) is 0 Å². The predicted molar refractivity (Wildman–Crippen MR) is 202 cm³/mol. The molecule has 0 amide bonds. The van der Waals surface area contributed by atoms with Crippen LogP contribution < -0.4 is 0 Å². The Morgan fingerprint density at radius 1 is 0.370 bits per heavy atom. The Bertz CT molecular complexity index is 2740. The van der Waals surface area contributed by atoms with Crippen LogP contribution in [0.5, 0.6) is 0 Å². The lowest BCUT2D eigenvalue weighted by molar-refractivity contribution is 1.63. The maximum Gasteiger partial charge on any atom is 0.0554 e. The number of fused-ring (bicyclic) bond motifs is 10. The zero-order valence-electron chi connectivity index (χ0n) is 24.6. The van der Waals surface area contributed by atoms with Crippen LogP contribution in [0.1, 0.15) is 0 Å². The molecular weight excluding hydrogens is 644 g/mol. The molecule has 0 aliphatic heterocycles. The third-order valence-corrected chi connectivity index (χ3v) is 11.1. The van der Waals surface area contributed by atoms with Crippen LogP contribution in [0, 0.1) is 0 Å². The van der Waals surface area contributed by atoms with Crippen molar-refractivity contribution >= 4 is 81.4 Å². The summed E-state index contributed by atoms with van der Waals surface area (Å²) in [5.74, 6) is 0. The smallest absolute Gasteiger partial charge is 0.0554 e. The van der Waals surface area contributed by atoms with Crippen LogP contribution in [0.3, 0.4) is 0 Å². The van der Waals surface area contributed by atoms with Crippen LogP contribution >= 0.6 is 27.5 Å². The van der Waals surface area contributed by atoms with Crippen molar-refractivity contribution in [3.8, 4) is 44.5 Å². The first kappa shape index (κ1) is 26.3. The highest BCUT2D eigenvalue weighted by atomic mass is 79.9. The molecule has 9 aromatic carbocycles. The van der Waals surface area contributed by atoms with Crippen molar-refractivity contribution in [2.45, 2.75) is 0 Å². The monoisotopic (exact) mass is 666 g/mol. The number of hydrogen-bond donors (Lipinski definition) is 0. The standard InChI is InChI=1S/C44H24BrCl/c45-37-23-28-18-19-32-30(35(28)24-38(37)46)20-21-34-39(25-10-3-1-4-11-25)43-33-17-9-16-31-29-15-8-7-14-27(29)22-36(41(31)33)44(43)40(42(32)34)26-12-5-2-6-13-26/h1-24H. The third-order valence-electron chi connectivity index (χ3n) is 9.88. The molecule has 0 bridgehead atoms. The summed E-state index contributed by atoms with van der Waals surface area (Å²) in [4.78, 5) is 0. The fourth-order valence-corrected chi connectivity index (χ4v) is 8.55. The van der Waals surface area contributed by atoms with E-state index >= 15 is 0 Å². The molecule has 0 spiro atoms. The van der Waals surface area contributed by atoms with E-state index in [1.54, 1.807) is 0 Å². The number of halogens is 2. The molecule has 0 aromatic heterocycles. The van der Waals surface area contributed by atoms with Crippen molar-refractivity contribution in [2.24, 2.45) is 0 Å². The van der Waals surface area contributed by atoms with Crippen molar-refractivity contribution in [2.75, 3.05) is 0 Å². The molecule has 9 aromatic rings. The summed E-state index contributed by atoms with van der Waals surface area (Å²) in [5, 5.41) is 13.2. The second kappa shape index (κ2) is 9.77. The van der Waals surface area contributed by atoms with Gasteiger partial charge in [-0.05, 0) is 132 Å². The van der Waals surface area contributed by atoms with E-state index in [0.29, 0.717) is 0 Å². The van der Waals surface area contributed by atoms with Crippen molar-refractivity contribution in [1.82, 2.24) is 0 Å². The van der Waals surface area contributed by atoms with Gasteiger partial charge in [0, 0.05) is 4.47 Å². The van der Waals surface area contributed by atoms with Crippen molar-refractivity contribution < 1.29 is 0 Å². The fourth-order valence-electron chi connectivity index (χ4n) is 8.03. The van der Waals surface area contributed by atoms with Gasteiger partial charge >= 0.3 is 0 Å². The Labute approximate surface area is 279 Å². The second-order valence-corrected chi connectivity index (χ2v) is 13.5. The molecule has 0 radical (unpaired) electrons. The Hall–Kier alpha value is -4.95. The van der Waals surface area contributed by atoms with Gasteiger partial charge in [0.15, 0.2) is 0 Å². The predicted octanol–water partition coefficient (Wildman–Crippen LogP) is 13.8. The number of benzene rings is 9. The summed E-state index contributed by atoms with van der Waals surface area (Å²) in [6.45, 7) is 0. The summed E-state index contributed by atoms with van der Waals surface area (Å²) in [6.07, 6.45) is 0. The van der Waals surface area contributed by atoms with Crippen LogP contribution in [-0.4, -0.2) is 0 Å². The molecule has 0 N–H and O–H groups in total. The first-order valence-electron chi connectivity index (χ1n) is 15.6. The average molecular weight is 668 g/mol. The lowest BCUT2D eigenvalue weighted by Gasteiger charge is -2.22. The Morgan fingerprint density at radius 2 is 0.978 bits per heavy atom. The molecular formula is C44H24BrCl. The maximum absolute atomic E-state index is 6.71. The maximum atomic E-state index is 6.71. The lowest BCUT2D eigenvalue weighted by Crippen LogP contribution is -1.95. The van der Waals surface area contributed by atoms with E-state index < -0.39 is 0 Å².